The van der Waals surface area contributed by atoms with Crippen molar-refractivity contribution in [3.8, 4) is 5.75 Å². The number of carbonyl (C=O) groups is 2. The minimum atomic E-state index is -0.603. The van der Waals surface area contributed by atoms with Crippen LogP contribution >= 0.6 is 11.6 Å². The summed E-state index contributed by atoms with van der Waals surface area (Å²) in [7, 11) is 0. The Balaban J connectivity index is 1.58. The molecule has 1 unspecified atom stereocenters. The van der Waals surface area contributed by atoms with Gasteiger partial charge in [0.05, 0.1) is 12.2 Å². The van der Waals surface area contributed by atoms with Gasteiger partial charge in [-0.3, -0.25) is 9.59 Å². The standard InChI is InChI=1S/C23H19ClN2O3/c1-15-23(28)26(14-16-5-3-2-4-6-16)20-12-11-19(13-21(20)29-15)25-22(27)17-7-9-18(24)10-8-17/h2-13,15H,14H2,1H3,(H,25,27). The van der Waals surface area contributed by atoms with E-state index in [1.165, 1.54) is 0 Å². The van der Waals surface area contributed by atoms with Gasteiger partial charge in [-0.15, -0.1) is 0 Å². The molecule has 1 atom stereocenters. The largest absolute Gasteiger partial charge is 0.479 e. The smallest absolute Gasteiger partial charge is 0.268 e. The van der Waals surface area contributed by atoms with Gasteiger partial charge in [0, 0.05) is 22.3 Å². The Morgan fingerprint density at radius 3 is 2.52 bits per heavy atom. The van der Waals surface area contributed by atoms with Gasteiger partial charge >= 0.3 is 0 Å². The Hall–Kier alpha value is -3.31. The van der Waals surface area contributed by atoms with E-state index in [0.717, 1.165) is 5.56 Å². The first-order chi connectivity index (χ1) is 14.0. The van der Waals surface area contributed by atoms with E-state index in [0.29, 0.717) is 34.3 Å². The first kappa shape index (κ1) is 19.0. The number of nitrogens with zero attached hydrogens (tertiary/aromatic N) is 1. The predicted octanol–water partition coefficient (Wildman–Crippen LogP) is 4.91. The molecule has 0 spiro atoms. The molecule has 4 rings (SSSR count). The molecular weight excluding hydrogens is 388 g/mol. The van der Waals surface area contributed by atoms with Gasteiger partial charge in [0.2, 0.25) is 0 Å². The highest BCUT2D eigenvalue weighted by molar-refractivity contribution is 6.30. The van der Waals surface area contributed by atoms with Gasteiger partial charge in [0.1, 0.15) is 5.75 Å². The van der Waals surface area contributed by atoms with Crippen LogP contribution in [-0.4, -0.2) is 17.9 Å². The quantitative estimate of drug-likeness (QED) is 0.670. The number of hydrogen-bond acceptors (Lipinski definition) is 3. The van der Waals surface area contributed by atoms with E-state index in [2.05, 4.69) is 5.32 Å². The fraction of sp³-hybridized carbons (Fsp3) is 0.130. The third kappa shape index (κ3) is 4.10. The van der Waals surface area contributed by atoms with Gasteiger partial charge < -0.3 is 15.0 Å². The van der Waals surface area contributed by atoms with Crippen LogP contribution in [0.5, 0.6) is 5.75 Å². The number of amides is 2. The molecule has 29 heavy (non-hydrogen) atoms. The number of halogens is 1. The zero-order valence-electron chi connectivity index (χ0n) is 15.8. The summed E-state index contributed by atoms with van der Waals surface area (Å²) >= 11 is 5.87. The van der Waals surface area contributed by atoms with E-state index >= 15 is 0 Å². The Bertz CT molecular complexity index is 1050. The van der Waals surface area contributed by atoms with Crippen LogP contribution in [0.3, 0.4) is 0 Å². The SMILES string of the molecule is CC1Oc2cc(NC(=O)c3ccc(Cl)cc3)ccc2N(Cc2ccccc2)C1=O. The van der Waals surface area contributed by atoms with Crippen LogP contribution in [0.1, 0.15) is 22.8 Å². The summed E-state index contributed by atoms with van der Waals surface area (Å²) in [5, 5.41) is 3.42. The third-order valence-corrected chi connectivity index (χ3v) is 4.97. The van der Waals surface area contributed by atoms with Crippen LogP contribution in [0.2, 0.25) is 5.02 Å². The maximum atomic E-state index is 12.7. The topological polar surface area (TPSA) is 58.6 Å². The van der Waals surface area contributed by atoms with E-state index in [1.807, 2.05) is 30.3 Å². The van der Waals surface area contributed by atoms with Gasteiger partial charge in [-0.25, -0.2) is 0 Å². The molecule has 146 valence electrons. The zero-order chi connectivity index (χ0) is 20.4. The van der Waals surface area contributed by atoms with Crippen molar-refractivity contribution in [2.24, 2.45) is 0 Å². The highest BCUT2D eigenvalue weighted by Crippen LogP contribution is 2.37. The normalized spacial score (nSPS) is 15.4. The molecule has 0 fully saturated rings. The minimum Gasteiger partial charge on any atom is -0.479 e. The van der Waals surface area contributed by atoms with Crippen molar-refractivity contribution in [2.75, 3.05) is 10.2 Å². The van der Waals surface area contributed by atoms with E-state index in [-0.39, 0.29) is 11.8 Å². The number of fused-ring (bicyclic) bond motifs is 1. The maximum absolute atomic E-state index is 12.7. The highest BCUT2D eigenvalue weighted by Gasteiger charge is 2.31. The lowest BCUT2D eigenvalue weighted by atomic mass is 10.1. The summed E-state index contributed by atoms with van der Waals surface area (Å²) in [6.45, 7) is 2.18. The zero-order valence-corrected chi connectivity index (χ0v) is 16.5. The molecule has 3 aromatic carbocycles. The van der Waals surface area contributed by atoms with E-state index in [4.69, 9.17) is 16.3 Å². The lowest BCUT2D eigenvalue weighted by Gasteiger charge is -2.33. The molecule has 0 aliphatic carbocycles. The van der Waals surface area contributed by atoms with Crippen molar-refractivity contribution >= 4 is 34.8 Å². The monoisotopic (exact) mass is 406 g/mol. The molecule has 0 aromatic heterocycles. The molecular formula is C23H19ClN2O3. The number of rotatable bonds is 4. The second-order valence-corrected chi connectivity index (χ2v) is 7.25. The van der Waals surface area contributed by atoms with Gasteiger partial charge in [0.25, 0.3) is 11.8 Å². The summed E-state index contributed by atoms with van der Waals surface area (Å²) in [6, 6.07) is 21.7. The van der Waals surface area contributed by atoms with E-state index < -0.39 is 6.10 Å². The highest BCUT2D eigenvalue weighted by atomic mass is 35.5. The van der Waals surface area contributed by atoms with Crippen LogP contribution in [0, 0.1) is 0 Å². The van der Waals surface area contributed by atoms with E-state index in [1.54, 1.807) is 54.3 Å². The van der Waals surface area contributed by atoms with Crippen molar-refractivity contribution in [3.05, 3.63) is 88.9 Å². The van der Waals surface area contributed by atoms with Crippen LogP contribution < -0.4 is 15.0 Å². The van der Waals surface area contributed by atoms with Crippen LogP contribution in [-0.2, 0) is 11.3 Å². The molecule has 0 saturated carbocycles. The average Bonchev–Trinajstić information content (AvgIpc) is 2.72. The van der Waals surface area contributed by atoms with Crippen molar-refractivity contribution in [2.45, 2.75) is 19.6 Å². The lowest BCUT2D eigenvalue weighted by molar-refractivity contribution is -0.125. The predicted molar refractivity (Wildman–Crippen MR) is 114 cm³/mol. The van der Waals surface area contributed by atoms with Gasteiger partial charge in [-0.1, -0.05) is 41.9 Å². The maximum Gasteiger partial charge on any atom is 0.268 e. The van der Waals surface area contributed by atoms with Gasteiger partial charge in [-0.2, -0.15) is 0 Å². The molecule has 1 aliphatic rings. The summed E-state index contributed by atoms with van der Waals surface area (Å²) in [6.07, 6.45) is -0.603. The van der Waals surface area contributed by atoms with Crippen LogP contribution in [0.25, 0.3) is 0 Å². The van der Waals surface area contributed by atoms with Crippen molar-refractivity contribution < 1.29 is 14.3 Å². The number of nitrogens with one attached hydrogen (secondary N) is 1. The summed E-state index contributed by atoms with van der Waals surface area (Å²) in [5.41, 5.74) is 2.80. The molecule has 5 nitrogen and oxygen atoms in total. The minimum absolute atomic E-state index is 0.0979. The molecule has 3 aromatic rings. The number of anilines is 2. The fourth-order valence-corrected chi connectivity index (χ4v) is 3.35. The lowest BCUT2D eigenvalue weighted by Crippen LogP contribution is -2.44. The molecule has 6 heteroatoms. The third-order valence-electron chi connectivity index (χ3n) is 4.72. The Labute approximate surface area is 173 Å². The first-order valence-corrected chi connectivity index (χ1v) is 9.62. The van der Waals surface area contributed by atoms with Crippen molar-refractivity contribution in [3.63, 3.8) is 0 Å². The van der Waals surface area contributed by atoms with Crippen molar-refractivity contribution in [1.82, 2.24) is 0 Å². The molecule has 2 amide bonds. The van der Waals surface area contributed by atoms with Gasteiger partial charge in [-0.05, 0) is 48.9 Å². The number of carbonyl (C=O) groups excluding carboxylic acids is 2. The Morgan fingerprint density at radius 1 is 1.07 bits per heavy atom. The Kier molecular flexibility index (Phi) is 5.23. The van der Waals surface area contributed by atoms with Crippen LogP contribution in [0.4, 0.5) is 11.4 Å². The number of benzene rings is 3. The molecule has 1 heterocycles. The molecule has 0 bridgehead atoms. The number of hydrogen-bond donors (Lipinski definition) is 1. The molecule has 0 saturated heterocycles. The summed E-state index contributed by atoms with van der Waals surface area (Å²) in [4.78, 5) is 26.9. The molecule has 0 radical (unpaired) electrons. The van der Waals surface area contributed by atoms with Gasteiger partial charge in [0.15, 0.2) is 6.10 Å². The first-order valence-electron chi connectivity index (χ1n) is 9.24. The number of ether oxygens (including phenoxy) is 1. The average molecular weight is 407 g/mol. The molecule has 1 N–H and O–H groups in total. The van der Waals surface area contributed by atoms with Crippen LogP contribution in [0.15, 0.2) is 72.8 Å². The second kappa shape index (κ2) is 7.97. The van der Waals surface area contributed by atoms with Crippen molar-refractivity contribution in [1.29, 1.82) is 0 Å². The summed E-state index contributed by atoms with van der Waals surface area (Å²) < 4.78 is 5.80. The second-order valence-electron chi connectivity index (χ2n) is 6.81. The Morgan fingerprint density at radius 2 is 1.79 bits per heavy atom. The van der Waals surface area contributed by atoms with E-state index in [9.17, 15) is 9.59 Å². The fourth-order valence-electron chi connectivity index (χ4n) is 3.22. The molecule has 1 aliphatic heterocycles. The summed E-state index contributed by atoms with van der Waals surface area (Å²) in [5.74, 6) is 0.212.